The van der Waals surface area contributed by atoms with Crippen molar-refractivity contribution < 1.29 is 23.5 Å². The maximum absolute atomic E-state index is 5.87. The molecule has 2 unspecified atom stereocenters. The average molecular weight is 457 g/mol. The van der Waals surface area contributed by atoms with Crippen molar-refractivity contribution in [1.82, 2.24) is 0 Å². The van der Waals surface area contributed by atoms with Crippen molar-refractivity contribution in [3.05, 3.63) is 100 Å². The third kappa shape index (κ3) is 3.52. The van der Waals surface area contributed by atoms with Crippen LogP contribution in [0.25, 0.3) is 6.08 Å². The molecule has 5 rings (SSSR count). The third-order valence-electron chi connectivity index (χ3n) is 6.88. The normalized spacial score (nSPS) is 24.2. The molecule has 1 fully saturated rings. The van der Waals surface area contributed by atoms with E-state index >= 15 is 0 Å². The molecule has 2 aromatic rings. The van der Waals surface area contributed by atoms with E-state index in [-0.39, 0.29) is 18.8 Å². The maximum Gasteiger partial charge on any atom is 0.231 e. The number of hydrogen-bond acceptors (Lipinski definition) is 4. The highest BCUT2D eigenvalue weighted by molar-refractivity contribution is 5.86. The summed E-state index contributed by atoms with van der Waals surface area (Å²) in [5, 5.41) is 0. The van der Waals surface area contributed by atoms with Gasteiger partial charge < -0.3 is 18.9 Å². The molecule has 174 valence electrons. The topological polar surface area (TPSA) is 39.9 Å². The molecule has 1 aliphatic carbocycles. The molecule has 2 aliphatic heterocycles. The highest BCUT2D eigenvalue weighted by atomic mass is 16.7. The van der Waals surface area contributed by atoms with E-state index < -0.39 is 0 Å². The Labute approximate surface area is 200 Å². The molecule has 2 aromatic carbocycles. The zero-order valence-electron chi connectivity index (χ0n) is 20.1. The molecule has 0 saturated carbocycles. The van der Waals surface area contributed by atoms with Gasteiger partial charge in [0.25, 0.3) is 0 Å². The number of fused-ring (bicyclic) bond motifs is 3. The fraction of sp³-hybridized carbons (Fsp3) is 0.276. The number of ether oxygens (including phenoxy) is 4. The van der Waals surface area contributed by atoms with Crippen molar-refractivity contribution >= 4 is 12.3 Å². The fourth-order valence-corrected chi connectivity index (χ4v) is 5.38. The van der Waals surface area contributed by atoms with E-state index in [2.05, 4.69) is 79.9 Å². The van der Waals surface area contributed by atoms with E-state index in [1.54, 1.807) is 14.2 Å². The van der Waals surface area contributed by atoms with Crippen molar-refractivity contribution in [1.29, 1.82) is 0 Å². The van der Waals surface area contributed by atoms with Gasteiger partial charge in [-0.1, -0.05) is 55.1 Å². The molecule has 5 heteroatoms. The third-order valence-corrected chi connectivity index (χ3v) is 6.88. The molecule has 0 aromatic heterocycles. The van der Waals surface area contributed by atoms with E-state index in [9.17, 15) is 0 Å². The summed E-state index contributed by atoms with van der Waals surface area (Å²) in [6, 6.07) is 12.7. The van der Waals surface area contributed by atoms with Crippen LogP contribution in [0.3, 0.4) is 0 Å². The summed E-state index contributed by atoms with van der Waals surface area (Å²) >= 11 is 0. The van der Waals surface area contributed by atoms with Gasteiger partial charge in [0.1, 0.15) is 7.05 Å². The summed E-state index contributed by atoms with van der Waals surface area (Å²) in [4.78, 5) is 0. The summed E-state index contributed by atoms with van der Waals surface area (Å²) < 4.78 is 25.2. The van der Waals surface area contributed by atoms with Crippen LogP contribution in [-0.2, 0) is 15.9 Å². The number of allylic oxidation sites excluding steroid dienone is 2. The maximum atomic E-state index is 5.87. The van der Waals surface area contributed by atoms with Gasteiger partial charge in [0.15, 0.2) is 35.3 Å². The molecular weight excluding hydrogens is 426 g/mol. The van der Waals surface area contributed by atoms with Crippen LogP contribution < -0.4 is 9.47 Å². The predicted octanol–water partition coefficient (Wildman–Crippen LogP) is 5.42. The van der Waals surface area contributed by atoms with Crippen LogP contribution in [0, 0.1) is 5.92 Å². The predicted molar refractivity (Wildman–Crippen MR) is 133 cm³/mol. The van der Waals surface area contributed by atoms with Crippen molar-refractivity contribution in [3.63, 3.8) is 0 Å². The van der Waals surface area contributed by atoms with Crippen LogP contribution in [0.2, 0.25) is 0 Å². The molecule has 2 heterocycles. The summed E-state index contributed by atoms with van der Waals surface area (Å²) in [6.45, 7) is 6.30. The number of hydrogen-bond donors (Lipinski definition) is 0. The van der Waals surface area contributed by atoms with Crippen molar-refractivity contribution in [2.45, 2.75) is 19.4 Å². The Morgan fingerprint density at radius 3 is 2.59 bits per heavy atom. The first-order valence-corrected chi connectivity index (χ1v) is 11.5. The van der Waals surface area contributed by atoms with Crippen LogP contribution in [0.4, 0.5) is 0 Å². The molecule has 0 spiro atoms. The van der Waals surface area contributed by atoms with Crippen LogP contribution >= 0.6 is 0 Å². The first-order chi connectivity index (χ1) is 16.6. The molecule has 0 amide bonds. The van der Waals surface area contributed by atoms with Crippen LogP contribution in [0.5, 0.6) is 11.5 Å². The Hall–Kier alpha value is -3.73. The van der Waals surface area contributed by atoms with Crippen LogP contribution in [-0.4, -0.2) is 38.9 Å². The summed E-state index contributed by atoms with van der Waals surface area (Å²) in [7, 11) is 5.52. The van der Waals surface area contributed by atoms with Crippen molar-refractivity contribution in [3.8, 4) is 11.5 Å². The standard InChI is InChI=1S/C29H30NO4/c1-6-20-22-13-12-21-23(27(22)30(3)16-25(20)28-18(2)33-17-34-28)15-26(31-4)29(32-5)24(21)14-19-10-8-7-9-11-19/h6-13,15-16,22,27H,2,14,17H2,1,3-5H3/q+1. The van der Waals surface area contributed by atoms with Gasteiger partial charge in [-0.15, -0.1) is 0 Å². The summed E-state index contributed by atoms with van der Waals surface area (Å²) in [5.74, 6) is 2.98. The number of rotatable bonds is 4. The minimum absolute atomic E-state index is 0.112. The van der Waals surface area contributed by atoms with E-state index in [0.29, 0.717) is 5.76 Å². The van der Waals surface area contributed by atoms with Gasteiger partial charge in [-0.25, -0.2) is 4.58 Å². The zero-order chi connectivity index (χ0) is 23.8. The minimum atomic E-state index is 0.112. The lowest BCUT2D eigenvalue weighted by Gasteiger charge is -2.33. The molecule has 5 nitrogen and oxygen atoms in total. The van der Waals surface area contributed by atoms with Gasteiger partial charge in [0.05, 0.1) is 25.7 Å². The van der Waals surface area contributed by atoms with Gasteiger partial charge in [0.2, 0.25) is 6.79 Å². The quantitative estimate of drug-likeness (QED) is 0.576. The van der Waals surface area contributed by atoms with Gasteiger partial charge in [-0.3, -0.25) is 0 Å². The smallest absolute Gasteiger partial charge is 0.231 e. The van der Waals surface area contributed by atoms with Gasteiger partial charge in [-0.2, -0.15) is 0 Å². The van der Waals surface area contributed by atoms with Crippen molar-refractivity contribution in [2.75, 3.05) is 28.1 Å². The van der Waals surface area contributed by atoms with E-state index in [4.69, 9.17) is 18.9 Å². The number of methoxy groups -OCH3 is 2. The Morgan fingerprint density at radius 1 is 1.15 bits per heavy atom. The second-order valence-electron chi connectivity index (χ2n) is 8.70. The van der Waals surface area contributed by atoms with E-state index in [0.717, 1.165) is 34.8 Å². The Kier molecular flexibility index (Phi) is 5.78. The molecule has 0 radical (unpaired) electrons. The van der Waals surface area contributed by atoms with Gasteiger partial charge in [-0.05, 0) is 29.7 Å². The molecular formula is C29H30NO4+. The van der Waals surface area contributed by atoms with Crippen molar-refractivity contribution in [2.24, 2.45) is 5.92 Å². The van der Waals surface area contributed by atoms with E-state index in [1.807, 2.05) is 6.07 Å². The fourth-order valence-electron chi connectivity index (χ4n) is 5.38. The lowest BCUT2D eigenvalue weighted by Crippen LogP contribution is -2.33. The minimum Gasteiger partial charge on any atom is -0.493 e. The molecule has 34 heavy (non-hydrogen) atoms. The lowest BCUT2D eigenvalue weighted by molar-refractivity contribution is -0.548. The van der Waals surface area contributed by atoms with Gasteiger partial charge in [0, 0.05) is 17.5 Å². The first-order valence-electron chi connectivity index (χ1n) is 11.5. The Morgan fingerprint density at radius 2 is 1.94 bits per heavy atom. The number of nitrogens with zero attached hydrogens (tertiary/aromatic N) is 1. The lowest BCUT2D eigenvalue weighted by atomic mass is 9.74. The zero-order valence-corrected chi connectivity index (χ0v) is 20.1. The number of benzene rings is 2. The van der Waals surface area contributed by atoms with Crippen LogP contribution in [0.15, 0.2) is 77.8 Å². The first kappa shape index (κ1) is 22.1. The molecule has 3 aliphatic rings. The molecule has 0 bridgehead atoms. The average Bonchev–Trinajstić information content (AvgIpc) is 3.29. The highest BCUT2D eigenvalue weighted by Gasteiger charge is 2.43. The second kappa shape index (κ2) is 8.90. The summed E-state index contributed by atoms with van der Waals surface area (Å²) in [6.07, 6.45) is 9.60. The monoisotopic (exact) mass is 456 g/mol. The van der Waals surface area contributed by atoms with E-state index in [1.165, 1.54) is 22.3 Å². The second-order valence-corrected chi connectivity index (χ2v) is 8.70. The molecule has 0 N–H and O–H groups in total. The Balaban J connectivity index is 1.70. The highest BCUT2D eigenvalue weighted by Crippen LogP contribution is 2.49. The Bertz CT molecular complexity index is 1270. The molecule has 2 atom stereocenters. The molecule has 1 saturated heterocycles. The summed E-state index contributed by atoms with van der Waals surface area (Å²) in [5.41, 5.74) is 7.00. The largest absolute Gasteiger partial charge is 0.493 e. The van der Waals surface area contributed by atoms with Gasteiger partial charge >= 0.3 is 0 Å². The van der Waals surface area contributed by atoms with Crippen LogP contribution in [0.1, 0.15) is 35.2 Å². The SMILES string of the molecule is C=C1OCOC1=C1C=[N+](C)C2c3cc(OC)c(OC)c(Cc4ccccc4)c3C=CC2C1=CC.